The Labute approximate surface area is 110 Å². The van der Waals surface area contributed by atoms with Crippen molar-refractivity contribution in [2.24, 2.45) is 5.73 Å². The van der Waals surface area contributed by atoms with E-state index >= 15 is 0 Å². The zero-order valence-electron chi connectivity index (χ0n) is 9.71. The van der Waals surface area contributed by atoms with E-state index in [-0.39, 0.29) is 23.5 Å². The van der Waals surface area contributed by atoms with Gasteiger partial charge in [-0.05, 0) is 37.5 Å². The second kappa shape index (κ2) is 5.63. The monoisotopic (exact) mass is 276 g/mol. The maximum Gasteiger partial charge on any atom is 0.254 e. The van der Waals surface area contributed by atoms with E-state index in [1.165, 1.54) is 0 Å². The van der Waals surface area contributed by atoms with Crippen LogP contribution in [-0.2, 0) is 0 Å². The average molecular weight is 277 g/mol. The molecule has 0 spiro atoms. The number of benzene rings is 1. The van der Waals surface area contributed by atoms with Crippen LogP contribution in [0, 0.1) is 11.6 Å². The van der Waals surface area contributed by atoms with Crippen LogP contribution < -0.4 is 11.1 Å². The maximum absolute atomic E-state index is 13.3. The van der Waals surface area contributed by atoms with E-state index in [4.69, 9.17) is 5.73 Å². The highest BCUT2D eigenvalue weighted by Gasteiger charge is 2.32. The molecule has 0 aliphatic heterocycles. The molecule has 0 bridgehead atoms. The van der Waals surface area contributed by atoms with Gasteiger partial charge in [0.1, 0.15) is 11.6 Å². The second-order valence-electron chi connectivity index (χ2n) is 4.52. The van der Waals surface area contributed by atoms with Gasteiger partial charge >= 0.3 is 0 Å². The van der Waals surface area contributed by atoms with E-state index in [2.05, 4.69) is 5.32 Å². The fourth-order valence-electron chi connectivity index (χ4n) is 1.83. The Morgan fingerprint density at radius 2 is 2.06 bits per heavy atom. The quantitative estimate of drug-likeness (QED) is 0.887. The molecule has 1 fully saturated rings. The van der Waals surface area contributed by atoms with Crippen molar-refractivity contribution in [1.82, 2.24) is 5.32 Å². The lowest BCUT2D eigenvalue weighted by Crippen LogP contribution is -2.55. The van der Waals surface area contributed by atoms with E-state index in [1.807, 2.05) is 0 Å². The molecule has 6 heteroatoms. The summed E-state index contributed by atoms with van der Waals surface area (Å²) < 4.78 is 26.2. The van der Waals surface area contributed by atoms with Crippen molar-refractivity contribution in [2.75, 3.05) is 6.54 Å². The van der Waals surface area contributed by atoms with Crippen LogP contribution in [0.4, 0.5) is 8.78 Å². The molecule has 1 aliphatic carbocycles. The molecule has 3 nitrogen and oxygen atoms in total. The van der Waals surface area contributed by atoms with Crippen molar-refractivity contribution in [2.45, 2.75) is 24.8 Å². The molecule has 100 valence electrons. The van der Waals surface area contributed by atoms with Crippen LogP contribution in [0.5, 0.6) is 0 Å². The van der Waals surface area contributed by atoms with Crippen molar-refractivity contribution in [3.8, 4) is 0 Å². The summed E-state index contributed by atoms with van der Waals surface area (Å²) in [5, 5.41) is 2.54. The van der Waals surface area contributed by atoms with Crippen molar-refractivity contribution >= 4 is 18.3 Å². The topological polar surface area (TPSA) is 55.1 Å². The van der Waals surface area contributed by atoms with Crippen LogP contribution in [0.25, 0.3) is 0 Å². The van der Waals surface area contributed by atoms with Gasteiger partial charge in [0, 0.05) is 12.1 Å². The van der Waals surface area contributed by atoms with Crippen LogP contribution >= 0.6 is 12.4 Å². The highest BCUT2D eigenvalue weighted by atomic mass is 35.5. The van der Waals surface area contributed by atoms with Gasteiger partial charge in [0.15, 0.2) is 0 Å². The lowest BCUT2D eigenvalue weighted by Gasteiger charge is -2.38. The number of hydrogen-bond acceptors (Lipinski definition) is 2. The SMILES string of the molecule is Cl.NC1(CNC(=O)c2cc(F)ccc2F)CCC1. The highest BCUT2D eigenvalue weighted by molar-refractivity contribution is 5.94. The standard InChI is InChI=1S/C12H14F2N2O.ClH/c13-8-2-3-10(14)9(6-8)11(17)16-7-12(15)4-1-5-12;/h2-3,6H,1,4-5,7,15H2,(H,16,17);1H. The van der Waals surface area contributed by atoms with Gasteiger partial charge in [-0.1, -0.05) is 0 Å². The number of carbonyl (C=O) groups is 1. The van der Waals surface area contributed by atoms with E-state index in [0.29, 0.717) is 6.54 Å². The zero-order valence-corrected chi connectivity index (χ0v) is 10.5. The molecular formula is C12H15ClF2N2O. The first-order chi connectivity index (χ1) is 8.00. The summed E-state index contributed by atoms with van der Waals surface area (Å²) in [4.78, 5) is 11.6. The number of rotatable bonds is 3. The van der Waals surface area contributed by atoms with Crippen molar-refractivity contribution in [3.05, 3.63) is 35.4 Å². The molecule has 1 aliphatic rings. The van der Waals surface area contributed by atoms with Gasteiger partial charge in [-0.25, -0.2) is 8.78 Å². The Bertz CT molecular complexity index is 450. The van der Waals surface area contributed by atoms with Gasteiger partial charge in [0.05, 0.1) is 5.56 Å². The van der Waals surface area contributed by atoms with Crippen LogP contribution in [0.15, 0.2) is 18.2 Å². The average Bonchev–Trinajstić information content (AvgIpc) is 2.26. The summed E-state index contributed by atoms with van der Waals surface area (Å²) in [6.45, 7) is 0.293. The number of hydrogen-bond donors (Lipinski definition) is 2. The van der Waals surface area contributed by atoms with Gasteiger partial charge in [-0.2, -0.15) is 0 Å². The molecule has 2 rings (SSSR count). The summed E-state index contributed by atoms with van der Waals surface area (Å²) in [6, 6.07) is 2.79. The third-order valence-electron chi connectivity index (χ3n) is 3.12. The molecule has 0 radical (unpaired) electrons. The van der Waals surface area contributed by atoms with Gasteiger partial charge < -0.3 is 11.1 Å². The molecule has 1 aromatic carbocycles. The highest BCUT2D eigenvalue weighted by Crippen LogP contribution is 2.28. The molecule has 0 atom stereocenters. The minimum Gasteiger partial charge on any atom is -0.350 e. The maximum atomic E-state index is 13.3. The van der Waals surface area contributed by atoms with E-state index < -0.39 is 17.5 Å². The normalized spacial score (nSPS) is 16.4. The summed E-state index contributed by atoms with van der Waals surface area (Å²) in [7, 11) is 0. The first-order valence-electron chi connectivity index (χ1n) is 5.52. The number of carbonyl (C=O) groups excluding carboxylic acids is 1. The van der Waals surface area contributed by atoms with E-state index in [0.717, 1.165) is 37.5 Å². The third-order valence-corrected chi connectivity index (χ3v) is 3.12. The minimum absolute atomic E-state index is 0. The summed E-state index contributed by atoms with van der Waals surface area (Å²) >= 11 is 0. The van der Waals surface area contributed by atoms with Gasteiger partial charge in [-0.15, -0.1) is 12.4 Å². The molecule has 0 aromatic heterocycles. The Morgan fingerprint density at radius 3 is 2.61 bits per heavy atom. The van der Waals surface area contributed by atoms with Crippen molar-refractivity contribution in [1.29, 1.82) is 0 Å². The Morgan fingerprint density at radius 1 is 1.39 bits per heavy atom. The smallest absolute Gasteiger partial charge is 0.254 e. The Balaban J connectivity index is 0.00000162. The molecular weight excluding hydrogens is 262 g/mol. The Kier molecular flexibility index (Phi) is 4.65. The molecule has 0 heterocycles. The zero-order chi connectivity index (χ0) is 12.5. The predicted octanol–water partition coefficient (Wildman–Crippen LogP) is 2.00. The van der Waals surface area contributed by atoms with E-state index in [1.54, 1.807) is 0 Å². The van der Waals surface area contributed by atoms with Gasteiger partial charge in [-0.3, -0.25) is 4.79 Å². The predicted molar refractivity (Wildman–Crippen MR) is 66.7 cm³/mol. The second-order valence-corrected chi connectivity index (χ2v) is 4.52. The molecule has 0 saturated heterocycles. The van der Waals surface area contributed by atoms with Crippen LogP contribution in [0.2, 0.25) is 0 Å². The van der Waals surface area contributed by atoms with Crippen molar-refractivity contribution < 1.29 is 13.6 Å². The fourth-order valence-corrected chi connectivity index (χ4v) is 1.83. The van der Waals surface area contributed by atoms with Crippen LogP contribution in [0.3, 0.4) is 0 Å². The minimum atomic E-state index is -0.733. The van der Waals surface area contributed by atoms with Gasteiger partial charge in [0.25, 0.3) is 5.91 Å². The van der Waals surface area contributed by atoms with Crippen LogP contribution in [0.1, 0.15) is 29.6 Å². The fraction of sp³-hybridized carbons (Fsp3) is 0.417. The molecule has 1 saturated carbocycles. The lowest BCUT2D eigenvalue weighted by atomic mass is 9.78. The summed E-state index contributed by atoms with van der Waals surface area (Å²) in [5.41, 5.74) is 5.25. The third kappa shape index (κ3) is 3.17. The number of halogens is 3. The Hall–Kier alpha value is -1.20. The molecule has 1 amide bonds. The van der Waals surface area contributed by atoms with Gasteiger partial charge in [0.2, 0.25) is 0 Å². The summed E-state index contributed by atoms with van der Waals surface area (Å²) in [6.07, 6.45) is 2.73. The number of nitrogens with two attached hydrogens (primary N) is 1. The first-order valence-corrected chi connectivity index (χ1v) is 5.52. The molecule has 3 N–H and O–H groups in total. The molecule has 0 unspecified atom stereocenters. The number of amides is 1. The van der Waals surface area contributed by atoms with Crippen LogP contribution in [-0.4, -0.2) is 18.0 Å². The van der Waals surface area contributed by atoms with E-state index in [9.17, 15) is 13.6 Å². The largest absolute Gasteiger partial charge is 0.350 e. The molecule has 1 aromatic rings. The summed E-state index contributed by atoms with van der Waals surface area (Å²) in [5.74, 6) is -2.00. The number of nitrogens with one attached hydrogen (secondary N) is 1. The lowest BCUT2D eigenvalue weighted by molar-refractivity contribution is 0.0925. The first kappa shape index (κ1) is 14.9. The van der Waals surface area contributed by atoms with Crippen molar-refractivity contribution in [3.63, 3.8) is 0 Å². The molecule has 18 heavy (non-hydrogen) atoms.